The third-order valence-corrected chi connectivity index (χ3v) is 5.26. The van der Waals surface area contributed by atoms with Crippen LogP contribution in [0.1, 0.15) is 10.4 Å². The summed E-state index contributed by atoms with van der Waals surface area (Å²) in [6, 6.07) is 16.6. The molecule has 0 atom stereocenters. The molecule has 0 spiro atoms. The van der Waals surface area contributed by atoms with E-state index in [1.165, 1.54) is 0 Å². The Balaban J connectivity index is 1.36. The Morgan fingerprint density at radius 2 is 1.76 bits per heavy atom. The topological polar surface area (TPSA) is 125 Å². The summed E-state index contributed by atoms with van der Waals surface area (Å²) in [5.41, 5.74) is 5.57. The van der Waals surface area contributed by atoms with Crippen molar-refractivity contribution in [3.05, 3.63) is 84.9 Å². The standard InChI is InChI=1S/C24H16N8O/c33-24(14-5-2-1-3-6-14)28-17-9-15(11-25-13-17)16-10-18-20(31-32-21(18)27-12-16)23-29-19-7-4-8-26-22(19)30-23/h1-13H,(H,28,33)(H,26,29,30)(H,27,31,32). The van der Waals surface area contributed by atoms with Crippen molar-refractivity contribution in [2.45, 2.75) is 0 Å². The van der Waals surface area contributed by atoms with Gasteiger partial charge in [0.1, 0.15) is 11.2 Å². The van der Waals surface area contributed by atoms with Crippen LogP contribution < -0.4 is 5.32 Å². The zero-order chi connectivity index (χ0) is 22.2. The summed E-state index contributed by atoms with van der Waals surface area (Å²) in [5, 5.41) is 11.1. The van der Waals surface area contributed by atoms with E-state index in [9.17, 15) is 4.79 Å². The van der Waals surface area contributed by atoms with Gasteiger partial charge in [0, 0.05) is 35.3 Å². The molecule has 0 saturated heterocycles. The van der Waals surface area contributed by atoms with Crippen LogP contribution in [-0.4, -0.2) is 41.0 Å². The molecule has 0 aliphatic rings. The maximum absolute atomic E-state index is 12.5. The number of hydrogen-bond acceptors (Lipinski definition) is 6. The second-order valence-electron chi connectivity index (χ2n) is 7.43. The molecule has 9 heteroatoms. The molecule has 0 aliphatic heterocycles. The lowest BCUT2D eigenvalue weighted by molar-refractivity contribution is 0.102. The highest BCUT2D eigenvalue weighted by Gasteiger charge is 2.15. The molecule has 158 valence electrons. The molecule has 1 aromatic carbocycles. The van der Waals surface area contributed by atoms with Crippen molar-refractivity contribution in [2.24, 2.45) is 0 Å². The minimum absolute atomic E-state index is 0.196. The fourth-order valence-electron chi connectivity index (χ4n) is 3.66. The number of pyridine rings is 3. The molecule has 0 fully saturated rings. The number of aromatic amines is 2. The van der Waals surface area contributed by atoms with Gasteiger partial charge in [-0.3, -0.25) is 14.9 Å². The quantitative estimate of drug-likeness (QED) is 0.383. The lowest BCUT2D eigenvalue weighted by Gasteiger charge is -2.07. The average molecular weight is 432 g/mol. The van der Waals surface area contributed by atoms with Gasteiger partial charge in [-0.2, -0.15) is 5.10 Å². The van der Waals surface area contributed by atoms with E-state index in [0.29, 0.717) is 34.1 Å². The molecule has 5 aromatic heterocycles. The van der Waals surface area contributed by atoms with E-state index in [4.69, 9.17) is 0 Å². The van der Waals surface area contributed by atoms with Crippen LogP contribution in [0.5, 0.6) is 0 Å². The summed E-state index contributed by atoms with van der Waals surface area (Å²) in [7, 11) is 0. The van der Waals surface area contributed by atoms with Crippen molar-refractivity contribution in [1.29, 1.82) is 0 Å². The Morgan fingerprint density at radius 3 is 2.64 bits per heavy atom. The van der Waals surface area contributed by atoms with Crippen molar-refractivity contribution in [2.75, 3.05) is 5.32 Å². The number of rotatable bonds is 4. The number of nitrogens with zero attached hydrogens (tertiary/aromatic N) is 5. The smallest absolute Gasteiger partial charge is 0.255 e. The SMILES string of the molecule is O=C(Nc1cncc(-c2cnc3[nH]nc(-c4nc5cccnc5[nH]4)c3c2)c1)c1ccccc1. The first-order valence-electron chi connectivity index (χ1n) is 10.2. The van der Waals surface area contributed by atoms with Crippen molar-refractivity contribution in [3.8, 4) is 22.6 Å². The lowest BCUT2D eigenvalue weighted by atomic mass is 10.1. The molecule has 6 aromatic rings. The maximum Gasteiger partial charge on any atom is 0.255 e. The number of nitrogens with one attached hydrogen (secondary N) is 3. The number of hydrogen-bond donors (Lipinski definition) is 3. The van der Waals surface area contributed by atoms with E-state index in [2.05, 4.69) is 40.4 Å². The third kappa shape index (κ3) is 3.47. The van der Waals surface area contributed by atoms with Crippen LogP contribution in [0, 0.1) is 0 Å². The van der Waals surface area contributed by atoms with Crippen LogP contribution in [0.15, 0.2) is 79.4 Å². The first-order chi connectivity index (χ1) is 16.2. The highest BCUT2D eigenvalue weighted by atomic mass is 16.1. The molecule has 9 nitrogen and oxygen atoms in total. The predicted molar refractivity (Wildman–Crippen MR) is 124 cm³/mol. The second-order valence-corrected chi connectivity index (χ2v) is 7.43. The van der Waals surface area contributed by atoms with E-state index < -0.39 is 0 Å². The normalized spacial score (nSPS) is 11.2. The summed E-state index contributed by atoms with van der Waals surface area (Å²) in [6.45, 7) is 0. The number of fused-ring (bicyclic) bond motifs is 2. The molecule has 0 unspecified atom stereocenters. The molecule has 33 heavy (non-hydrogen) atoms. The molecular weight excluding hydrogens is 416 g/mol. The van der Waals surface area contributed by atoms with Crippen LogP contribution in [0.25, 0.3) is 44.8 Å². The van der Waals surface area contributed by atoms with E-state index in [1.807, 2.05) is 42.5 Å². The van der Waals surface area contributed by atoms with Gasteiger partial charge in [-0.25, -0.2) is 15.0 Å². The largest absolute Gasteiger partial charge is 0.321 e. The lowest BCUT2D eigenvalue weighted by Crippen LogP contribution is -2.11. The van der Waals surface area contributed by atoms with Gasteiger partial charge in [0.15, 0.2) is 17.1 Å². The highest BCUT2D eigenvalue weighted by Crippen LogP contribution is 2.29. The van der Waals surface area contributed by atoms with Crippen LogP contribution in [-0.2, 0) is 0 Å². The minimum Gasteiger partial charge on any atom is -0.321 e. The van der Waals surface area contributed by atoms with Crippen molar-refractivity contribution in [1.82, 2.24) is 35.1 Å². The Hall–Kier alpha value is -4.92. The Morgan fingerprint density at radius 1 is 0.879 bits per heavy atom. The monoisotopic (exact) mass is 432 g/mol. The number of H-pyrrole nitrogens is 2. The highest BCUT2D eigenvalue weighted by molar-refractivity contribution is 6.04. The van der Waals surface area contributed by atoms with Crippen LogP contribution in [0.2, 0.25) is 0 Å². The molecule has 0 aliphatic carbocycles. The van der Waals surface area contributed by atoms with Gasteiger partial charge >= 0.3 is 0 Å². The first kappa shape index (κ1) is 18.8. The maximum atomic E-state index is 12.5. The predicted octanol–water partition coefficient (Wildman–Crippen LogP) is 4.21. The zero-order valence-electron chi connectivity index (χ0n) is 17.1. The summed E-state index contributed by atoms with van der Waals surface area (Å²) in [5.74, 6) is 0.412. The average Bonchev–Trinajstić information content (AvgIpc) is 3.48. The van der Waals surface area contributed by atoms with Crippen molar-refractivity contribution >= 4 is 33.8 Å². The van der Waals surface area contributed by atoms with Crippen molar-refractivity contribution < 1.29 is 4.79 Å². The number of imidazole rings is 1. The Labute approximate surface area is 187 Å². The fraction of sp³-hybridized carbons (Fsp3) is 0. The van der Waals surface area contributed by atoms with Gasteiger partial charge in [0.2, 0.25) is 0 Å². The summed E-state index contributed by atoms with van der Waals surface area (Å²) in [4.78, 5) is 33.4. The van der Waals surface area contributed by atoms with Crippen LogP contribution in [0.4, 0.5) is 5.69 Å². The number of benzene rings is 1. The van der Waals surface area contributed by atoms with Gasteiger partial charge in [0.05, 0.1) is 17.3 Å². The summed E-state index contributed by atoms with van der Waals surface area (Å²) >= 11 is 0. The molecule has 5 heterocycles. The van der Waals surface area contributed by atoms with E-state index >= 15 is 0 Å². The molecule has 0 saturated carbocycles. The van der Waals surface area contributed by atoms with Gasteiger partial charge in [-0.05, 0) is 36.4 Å². The Kier molecular flexibility index (Phi) is 4.36. The fourth-order valence-corrected chi connectivity index (χ4v) is 3.66. The molecule has 3 N–H and O–H groups in total. The third-order valence-electron chi connectivity index (χ3n) is 5.26. The number of carbonyl (C=O) groups is 1. The number of aromatic nitrogens is 7. The second kappa shape index (κ2) is 7.65. The minimum atomic E-state index is -0.196. The number of anilines is 1. The Bertz CT molecular complexity index is 1590. The van der Waals surface area contributed by atoms with E-state index in [-0.39, 0.29) is 5.91 Å². The van der Waals surface area contributed by atoms with E-state index in [0.717, 1.165) is 22.0 Å². The first-order valence-corrected chi connectivity index (χ1v) is 10.2. The molecule has 0 radical (unpaired) electrons. The van der Waals surface area contributed by atoms with Gasteiger partial charge in [-0.15, -0.1) is 0 Å². The van der Waals surface area contributed by atoms with Gasteiger partial charge in [0.25, 0.3) is 5.91 Å². The van der Waals surface area contributed by atoms with Gasteiger partial charge < -0.3 is 10.3 Å². The van der Waals surface area contributed by atoms with Crippen LogP contribution in [0.3, 0.4) is 0 Å². The van der Waals surface area contributed by atoms with Crippen LogP contribution >= 0.6 is 0 Å². The number of amides is 1. The molecular formula is C24H16N8O. The summed E-state index contributed by atoms with van der Waals surface area (Å²) < 4.78 is 0. The van der Waals surface area contributed by atoms with Gasteiger partial charge in [-0.1, -0.05) is 18.2 Å². The summed E-state index contributed by atoms with van der Waals surface area (Å²) in [6.07, 6.45) is 6.79. The molecule has 6 rings (SSSR count). The molecule has 1 amide bonds. The van der Waals surface area contributed by atoms with Crippen molar-refractivity contribution in [3.63, 3.8) is 0 Å². The zero-order valence-corrected chi connectivity index (χ0v) is 17.1. The number of carbonyl (C=O) groups excluding carboxylic acids is 1. The van der Waals surface area contributed by atoms with E-state index in [1.54, 1.807) is 36.9 Å². The molecule has 0 bridgehead atoms.